The largest absolute Gasteiger partial charge is 0.357 e. The third-order valence-electron chi connectivity index (χ3n) is 3.87. The van der Waals surface area contributed by atoms with Gasteiger partial charge in [-0.2, -0.15) is 4.98 Å². The van der Waals surface area contributed by atoms with E-state index in [0.29, 0.717) is 5.95 Å². The molecule has 0 saturated heterocycles. The molecule has 2 rings (SSSR count). The Morgan fingerprint density at radius 1 is 1.13 bits per heavy atom. The van der Waals surface area contributed by atoms with Gasteiger partial charge in [0.1, 0.15) is 5.82 Å². The van der Waals surface area contributed by atoms with Crippen LogP contribution >= 0.6 is 11.6 Å². The Morgan fingerprint density at radius 2 is 1.87 bits per heavy atom. The molecule has 124 valence electrons. The van der Waals surface area contributed by atoms with Gasteiger partial charge in [-0.3, -0.25) is 0 Å². The predicted octanol–water partition coefficient (Wildman–Crippen LogP) is 4.98. The van der Waals surface area contributed by atoms with Crippen molar-refractivity contribution in [3.05, 3.63) is 40.5 Å². The Labute approximate surface area is 143 Å². The van der Waals surface area contributed by atoms with Crippen molar-refractivity contribution in [3.63, 3.8) is 0 Å². The summed E-state index contributed by atoms with van der Waals surface area (Å²) in [6.07, 6.45) is 2.00. The van der Waals surface area contributed by atoms with Gasteiger partial charge in [-0.15, -0.1) is 0 Å². The summed E-state index contributed by atoms with van der Waals surface area (Å²) in [5.74, 6) is 1.60. The van der Waals surface area contributed by atoms with Crippen LogP contribution in [0.15, 0.2) is 24.3 Å². The van der Waals surface area contributed by atoms with Crippen molar-refractivity contribution in [2.45, 2.75) is 40.5 Å². The lowest BCUT2D eigenvalue weighted by Crippen LogP contribution is -2.23. The van der Waals surface area contributed by atoms with Crippen LogP contribution < -0.4 is 10.2 Å². The minimum atomic E-state index is 0.628. The molecule has 0 aliphatic carbocycles. The molecule has 0 fully saturated rings. The molecule has 0 aliphatic heterocycles. The Morgan fingerprint density at radius 3 is 2.52 bits per heavy atom. The van der Waals surface area contributed by atoms with E-state index in [1.54, 1.807) is 0 Å². The summed E-state index contributed by atoms with van der Waals surface area (Å²) in [5.41, 5.74) is 3.01. The van der Waals surface area contributed by atoms with Gasteiger partial charge in [-0.1, -0.05) is 31.0 Å². The predicted molar refractivity (Wildman–Crippen MR) is 99.1 cm³/mol. The first-order valence-electron chi connectivity index (χ1n) is 8.24. The summed E-state index contributed by atoms with van der Waals surface area (Å²) in [5, 5.41) is 4.06. The van der Waals surface area contributed by atoms with Gasteiger partial charge in [0.05, 0.1) is 0 Å². The number of anilines is 3. The molecular weight excluding hydrogens is 308 g/mol. The number of benzene rings is 1. The minimum absolute atomic E-state index is 0.628. The molecule has 0 amide bonds. The molecular formula is C18H25ClN4. The fourth-order valence-corrected chi connectivity index (χ4v) is 2.67. The van der Waals surface area contributed by atoms with Gasteiger partial charge in [-0.05, 0) is 44.9 Å². The highest BCUT2D eigenvalue weighted by Gasteiger charge is 2.10. The molecule has 0 spiro atoms. The van der Waals surface area contributed by atoms with Crippen LogP contribution in [0.2, 0.25) is 5.02 Å². The fraction of sp³-hybridized carbons (Fsp3) is 0.444. The van der Waals surface area contributed by atoms with Crippen molar-refractivity contribution >= 4 is 29.1 Å². The zero-order chi connectivity index (χ0) is 16.8. The molecule has 0 bridgehead atoms. The molecule has 0 radical (unpaired) electrons. The Bertz CT molecular complexity index is 653. The summed E-state index contributed by atoms with van der Waals surface area (Å²) in [6, 6.07) is 7.90. The number of halogens is 1. The van der Waals surface area contributed by atoms with Crippen molar-refractivity contribution in [2.24, 2.45) is 0 Å². The van der Waals surface area contributed by atoms with Gasteiger partial charge in [0, 0.05) is 35.6 Å². The van der Waals surface area contributed by atoms with Crippen molar-refractivity contribution < 1.29 is 0 Å². The van der Waals surface area contributed by atoms with E-state index in [-0.39, 0.29) is 0 Å². The number of aryl methyl sites for hydroxylation is 1. The number of aromatic nitrogens is 2. The summed E-state index contributed by atoms with van der Waals surface area (Å²) < 4.78 is 0. The van der Waals surface area contributed by atoms with Crippen molar-refractivity contribution in [2.75, 3.05) is 23.3 Å². The molecule has 1 aromatic heterocycles. The first-order chi connectivity index (χ1) is 11.1. The summed E-state index contributed by atoms with van der Waals surface area (Å²) in [4.78, 5) is 11.6. The van der Waals surface area contributed by atoms with Crippen LogP contribution in [0.3, 0.4) is 0 Å². The molecule has 2 aromatic rings. The molecule has 1 aromatic carbocycles. The smallest absolute Gasteiger partial charge is 0.229 e. The monoisotopic (exact) mass is 332 g/mol. The van der Waals surface area contributed by atoms with Crippen LogP contribution in [0.25, 0.3) is 0 Å². The Hall–Kier alpha value is -1.81. The van der Waals surface area contributed by atoms with Gasteiger partial charge in [0.15, 0.2) is 0 Å². The zero-order valence-corrected chi connectivity index (χ0v) is 15.1. The lowest BCUT2D eigenvalue weighted by molar-refractivity contribution is 0.824. The summed E-state index contributed by atoms with van der Waals surface area (Å²) in [7, 11) is 0. The van der Waals surface area contributed by atoms with Crippen molar-refractivity contribution in [1.82, 2.24) is 9.97 Å². The van der Waals surface area contributed by atoms with E-state index < -0.39 is 0 Å². The van der Waals surface area contributed by atoms with E-state index in [1.807, 2.05) is 25.1 Å². The molecule has 1 heterocycles. The van der Waals surface area contributed by atoms with Crippen LogP contribution in [0.1, 0.15) is 38.4 Å². The van der Waals surface area contributed by atoms with Crippen LogP contribution in [-0.2, 0) is 6.42 Å². The number of rotatable bonds is 7. The highest BCUT2D eigenvalue weighted by molar-refractivity contribution is 6.31. The second-order valence-electron chi connectivity index (χ2n) is 5.50. The molecule has 0 atom stereocenters. The number of hydrogen-bond donors (Lipinski definition) is 1. The molecule has 4 nitrogen and oxygen atoms in total. The van der Waals surface area contributed by atoms with E-state index in [2.05, 4.69) is 47.0 Å². The van der Waals surface area contributed by atoms with Gasteiger partial charge in [0.25, 0.3) is 0 Å². The maximum atomic E-state index is 6.20. The normalized spacial score (nSPS) is 10.7. The lowest BCUT2D eigenvalue weighted by atomic mass is 10.2. The van der Waals surface area contributed by atoms with Crippen molar-refractivity contribution in [3.8, 4) is 0 Å². The molecule has 23 heavy (non-hydrogen) atoms. The number of hydrogen-bond acceptors (Lipinski definition) is 4. The highest BCUT2D eigenvalue weighted by Crippen LogP contribution is 2.26. The highest BCUT2D eigenvalue weighted by atomic mass is 35.5. The van der Waals surface area contributed by atoms with Crippen LogP contribution in [-0.4, -0.2) is 23.1 Å². The van der Waals surface area contributed by atoms with E-state index >= 15 is 0 Å². The first kappa shape index (κ1) is 17.5. The zero-order valence-electron chi connectivity index (χ0n) is 14.4. The van der Waals surface area contributed by atoms with Gasteiger partial charge >= 0.3 is 0 Å². The standard InChI is InChI=1S/C18H25ClN4/c1-5-9-14-12-17(23(6-2)7-3)22-18(20-14)21-16-11-8-10-15(19)13(16)4/h8,10-12H,5-7,9H2,1-4H3,(H,20,21,22). The maximum absolute atomic E-state index is 6.20. The second-order valence-corrected chi connectivity index (χ2v) is 5.91. The molecule has 0 aliphatic rings. The Kier molecular flexibility index (Phi) is 6.22. The third kappa shape index (κ3) is 4.35. The molecule has 1 N–H and O–H groups in total. The SMILES string of the molecule is CCCc1cc(N(CC)CC)nc(Nc2cccc(Cl)c2C)n1. The maximum Gasteiger partial charge on any atom is 0.229 e. The number of nitrogens with zero attached hydrogens (tertiary/aromatic N) is 3. The van der Waals surface area contributed by atoms with Crippen LogP contribution in [0.4, 0.5) is 17.5 Å². The molecule has 5 heteroatoms. The van der Waals surface area contributed by atoms with Gasteiger partial charge in [0.2, 0.25) is 5.95 Å². The molecule has 0 unspecified atom stereocenters. The molecule has 0 saturated carbocycles. The fourth-order valence-electron chi connectivity index (χ4n) is 2.50. The van der Waals surface area contributed by atoms with E-state index in [0.717, 1.165) is 53.7 Å². The van der Waals surface area contributed by atoms with E-state index in [1.165, 1.54) is 0 Å². The quantitative estimate of drug-likeness (QED) is 0.776. The van der Waals surface area contributed by atoms with Gasteiger partial charge in [-0.25, -0.2) is 4.98 Å². The topological polar surface area (TPSA) is 41.1 Å². The third-order valence-corrected chi connectivity index (χ3v) is 4.28. The number of nitrogens with one attached hydrogen (secondary N) is 1. The summed E-state index contributed by atoms with van der Waals surface area (Å²) in [6.45, 7) is 10.3. The van der Waals surface area contributed by atoms with Crippen LogP contribution in [0, 0.1) is 6.92 Å². The first-order valence-corrected chi connectivity index (χ1v) is 8.61. The van der Waals surface area contributed by atoms with E-state index in [4.69, 9.17) is 11.6 Å². The van der Waals surface area contributed by atoms with Gasteiger partial charge < -0.3 is 10.2 Å². The average molecular weight is 333 g/mol. The Balaban J connectivity index is 2.38. The van der Waals surface area contributed by atoms with E-state index in [9.17, 15) is 0 Å². The lowest BCUT2D eigenvalue weighted by Gasteiger charge is -2.21. The second kappa shape index (κ2) is 8.16. The average Bonchev–Trinajstić information content (AvgIpc) is 2.53. The van der Waals surface area contributed by atoms with Crippen molar-refractivity contribution in [1.29, 1.82) is 0 Å². The summed E-state index contributed by atoms with van der Waals surface area (Å²) >= 11 is 6.20. The minimum Gasteiger partial charge on any atom is -0.357 e. The van der Waals surface area contributed by atoms with Crippen LogP contribution in [0.5, 0.6) is 0 Å².